The minimum absolute atomic E-state index is 0.0465. The lowest BCUT2D eigenvalue weighted by Gasteiger charge is -2.61. The van der Waals surface area contributed by atoms with E-state index in [9.17, 15) is 14.3 Å². The van der Waals surface area contributed by atoms with E-state index in [1.54, 1.807) is 18.6 Å². The van der Waals surface area contributed by atoms with Crippen molar-refractivity contribution in [2.75, 3.05) is 6.54 Å². The molecule has 6 unspecified atom stereocenters. The number of aliphatic hydroxyl groups is 1. The quantitative estimate of drug-likeness (QED) is 0.646. The van der Waals surface area contributed by atoms with Gasteiger partial charge in [0, 0.05) is 30.1 Å². The number of nitrogens with two attached hydrogens (primary N) is 1. The number of benzene rings is 1. The normalized spacial score (nSPS) is 34.9. The highest BCUT2D eigenvalue weighted by atomic mass is 19.1. The monoisotopic (exact) mass is 438 g/mol. The Bertz CT molecular complexity index is 1040. The average Bonchev–Trinajstić information content (AvgIpc) is 3.34. The van der Waals surface area contributed by atoms with Crippen molar-refractivity contribution in [1.82, 2.24) is 14.9 Å². The van der Waals surface area contributed by atoms with Gasteiger partial charge in [0.05, 0.1) is 30.4 Å². The first-order chi connectivity index (χ1) is 15.5. The summed E-state index contributed by atoms with van der Waals surface area (Å²) in [7, 11) is 0. The zero-order valence-electron chi connectivity index (χ0n) is 18.2. The van der Waals surface area contributed by atoms with Gasteiger partial charge in [0.2, 0.25) is 5.91 Å². The minimum Gasteiger partial charge on any atom is -0.392 e. The number of carbonyl (C=O) groups excluding carboxylic acids is 1. The SMILES string of the molecule is NCCC(=O)NC1C2CC3C[C@@H]1CC(C(O)CC1c4c(F)cccc4-c4cncn41)(C3)C2. The van der Waals surface area contributed by atoms with Gasteiger partial charge in [-0.25, -0.2) is 9.37 Å². The lowest BCUT2D eigenvalue weighted by atomic mass is 9.46. The molecule has 4 saturated carbocycles. The molecular weight excluding hydrogens is 407 g/mol. The van der Waals surface area contributed by atoms with Crippen LogP contribution in [0.15, 0.2) is 30.7 Å². The number of halogens is 1. The summed E-state index contributed by atoms with van der Waals surface area (Å²) in [6, 6.07) is 5.17. The minimum atomic E-state index is -0.512. The maximum absolute atomic E-state index is 14.9. The molecule has 2 heterocycles. The van der Waals surface area contributed by atoms with E-state index in [4.69, 9.17) is 5.73 Å². The van der Waals surface area contributed by atoms with Gasteiger partial charge in [-0.2, -0.15) is 0 Å². The molecule has 32 heavy (non-hydrogen) atoms. The van der Waals surface area contributed by atoms with E-state index in [2.05, 4.69) is 10.3 Å². The van der Waals surface area contributed by atoms with Gasteiger partial charge in [-0.15, -0.1) is 0 Å². The Morgan fingerprint density at radius 2 is 2.09 bits per heavy atom. The molecule has 4 bridgehead atoms. The second kappa shape index (κ2) is 7.39. The molecule has 0 saturated heterocycles. The number of hydrogen-bond acceptors (Lipinski definition) is 4. The van der Waals surface area contributed by atoms with Crippen LogP contribution in [0, 0.1) is 29.0 Å². The standard InChI is InChI=1S/C25H31FN4O2/c26-18-3-1-2-17-20-12-28-13-30(20)19(23(17)18)8-21(31)25-9-14-6-15(10-25)24(16(7-14)11-25)29-22(32)4-5-27/h1-3,12-16,19,21,24,31H,4-11,27H2,(H,29,32)/t14?,15-,16?,19?,21?,24?,25?/m1/s1. The molecule has 4 aliphatic carbocycles. The number of nitrogens with one attached hydrogen (secondary N) is 1. The predicted molar refractivity (Wildman–Crippen MR) is 118 cm³/mol. The number of fused-ring (bicyclic) bond motifs is 3. The third kappa shape index (κ3) is 2.97. The van der Waals surface area contributed by atoms with E-state index in [1.165, 1.54) is 6.07 Å². The van der Waals surface area contributed by atoms with Gasteiger partial charge in [0.25, 0.3) is 0 Å². The van der Waals surface area contributed by atoms with Crippen LogP contribution in [0.4, 0.5) is 4.39 Å². The van der Waals surface area contributed by atoms with Gasteiger partial charge < -0.3 is 20.7 Å². The molecule has 1 amide bonds. The largest absolute Gasteiger partial charge is 0.392 e. The summed E-state index contributed by atoms with van der Waals surface area (Å²) in [6.07, 6.45) is 9.06. The number of carbonyl (C=O) groups is 1. The molecule has 1 aromatic carbocycles. The van der Waals surface area contributed by atoms with Crippen molar-refractivity contribution in [1.29, 1.82) is 0 Å². The van der Waals surface area contributed by atoms with Gasteiger partial charge >= 0.3 is 0 Å². The lowest BCUT2D eigenvalue weighted by Crippen LogP contribution is -2.62. The van der Waals surface area contributed by atoms with E-state index in [0.717, 1.165) is 43.4 Å². The highest BCUT2D eigenvalue weighted by Crippen LogP contribution is 2.62. The number of hydrogen-bond donors (Lipinski definition) is 3. The van der Waals surface area contributed by atoms with Crippen LogP contribution in [0.25, 0.3) is 11.3 Å². The van der Waals surface area contributed by atoms with Gasteiger partial charge in [0.1, 0.15) is 5.82 Å². The van der Waals surface area contributed by atoms with Crippen molar-refractivity contribution in [3.63, 3.8) is 0 Å². The zero-order valence-corrected chi connectivity index (χ0v) is 18.2. The topological polar surface area (TPSA) is 93.2 Å². The number of nitrogens with zero attached hydrogens (tertiary/aromatic N) is 2. The summed E-state index contributed by atoms with van der Waals surface area (Å²) in [5, 5.41) is 14.9. The van der Waals surface area contributed by atoms with Gasteiger partial charge in [-0.05, 0) is 67.8 Å². The van der Waals surface area contributed by atoms with Crippen LogP contribution < -0.4 is 11.1 Å². The number of rotatable bonds is 6. The van der Waals surface area contributed by atoms with E-state index >= 15 is 0 Å². The Hall–Kier alpha value is -2.25. The summed E-state index contributed by atoms with van der Waals surface area (Å²) in [5.41, 5.74) is 7.91. The van der Waals surface area contributed by atoms with Gasteiger partial charge in [0.15, 0.2) is 0 Å². The van der Waals surface area contributed by atoms with Crippen molar-refractivity contribution < 1.29 is 14.3 Å². The molecule has 4 fully saturated rings. The van der Waals surface area contributed by atoms with E-state index < -0.39 is 6.10 Å². The fourth-order valence-corrected chi connectivity index (χ4v) is 7.81. The van der Waals surface area contributed by atoms with Crippen LogP contribution in [0.1, 0.15) is 56.6 Å². The molecule has 5 aliphatic rings. The summed E-state index contributed by atoms with van der Waals surface area (Å²) >= 11 is 0. The molecule has 6 nitrogen and oxygen atoms in total. The second-order valence-corrected chi connectivity index (χ2v) is 10.6. The summed E-state index contributed by atoms with van der Waals surface area (Å²) in [6.45, 7) is 0.370. The van der Waals surface area contributed by atoms with Crippen LogP contribution in [-0.2, 0) is 4.79 Å². The van der Waals surface area contributed by atoms with Crippen LogP contribution >= 0.6 is 0 Å². The first-order valence-electron chi connectivity index (χ1n) is 12.0. The fraction of sp³-hybridized carbons (Fsp3) is 0.600. The van der Waals surface area contributed by atoms with Crippen molar-refractivity contribution in [3.8, 4) is 11.3 Å². The summed E-state index contributed by atoms with van der Waals surface area (Å²) in [4.78, 5) is 16.5. The Morgan fingerprint density at radius 1 is 1.31 bits per heavy atom. The smallest absolute Gasteiger partial charge is 0.221 e. The van der Waals surface area contributed by atoms with Crippen LogP contribution in [0.2, 0.25) is 0 Å². The molecule has 7 atom stereocenters. The number of aromatic nitrogens is 2. The van der Waals surface area contributed by atoms with Gasteiger partial charge in [-0.3, -0.25) is 4.79 Å². The molecule has 1 aliphatic heterocycles. The molecule has 7 heteroatoms. The Balaban J connectivity index is 1.25. The molecule has 170 valence electrons. The molecule has 0 radical (unpaired) electrons. The van der Waals surface area contributed by atoms with E-state index in [1.807, 2.05) is 10.6 Å². The Morgan fingerprint density at radius 3 is 2.84 bits per heavy atom. The highest BCUT2D eigenvalue weighted by Gasteiger charge is 2.58. The van der Waals surface area contributed by atoms with Gasteiger partial charge in [-0.1, -0.05) is 12.1 Å². The Kier molecular flexibility index (Phi) is 4.70. The number of amides is 1. The second-order valence-electron chi connectivity index (χ2n) is 10.6. The highest BCUT2D eigenvalue weighted by molar-refractivity contribution is 5.76. The molecule has 1 aromatic heterocycles. The fourth-order valence-electron chi connectivity index (χ4n) is 7.81. The number of imidazole rings is 1. The Labute approximate surface area is 187 Å². The average molecular weight is 439 g/mol. The van der Waals surface area contributed by atoms with E-state index in [-0.39, 0.29) is 29.2 Å². The molecule has 4 N–H and O–H groups in total. The van der Waals surface area contributed by atoms with Crippen LogP contribution in [0.3, 0.4) is 0 Å². The molecule has 7 rings (SSSR count). The summed E-state index contributed by atoms with van der Waals surface area (Å²) in [5.74, 6) is 1.27. The van der Waals surface area contributed by atoms with Crippen LogP contribution in [0.5, 0.6) is 0 Å². The van der Waals surface area contributed by atoms with Crippen molar-refractivity contribution in [2.45, 2.75) is 63.1 Å². The number of aliphatic hydroxyl groups excluding tert-OH is 1. The van der Waals surface area contributed by atoms with Crippen molar-refractivity contribution >= 4 is 5.91 Å². The van der Waals surface area contributed by atoms with Crippen LogP contribution in [-0.4, -0.2) is 39.3 Å². The van der Waals surface area contributed by atoms with Crippen molar-refractivity contribution in [3.05, 3.63) is 42.1 Å². The third-order valence-electron chi connectivity index (χ3n) is 8.84. The predicted octanol–water partition coefficient (Wildman–Crippen LogP) is 3.00. The molecular formula is C25H31FN4O2. The first-order valence-corrected chi connectivity index (χ1v) is 12.0. The zero-order chi connectivity index (χ0) is 22.0. The lowest BCUT2D eigenvalue weighted by molar-refractivity contribution is -0.145. The van der Waals surface area contributed by atoms with Crippen molar-refractivity contribution in [2.24, 2.45) is 28.9 Å². The molecule has 2 aromatic rings. The first kappa shape index (κ1) is 20.4. The third-order valence-corrected chi connectivity index (χ3v) is 8.84. The van der Waals surface area contributed by atoms with E-state index in [0.29, 0.717) is 42.7 Å². The maximum Gasteiger partial charge on any atom is 0.221 e. The maximum atomic E-state index is 14.9. The summed E-state index contributed by atoms with van der Waals surface area (Å²) < 4.78 is 16.9. The molecule has 0 spiro atoms.